The standard InChI is InChI=1S/C18H28O2/c1-7-16(14(4)5)13-17(8-2)15(6)11-10-12-18(19)20-9-3/h7-8,13,15H,1,4,9-12H2,2-3,5-6H3/b16-13-,17-8+. The Morgan fingerprint density at radius 3 is 2.50 bits per heavy atom. The molecule has 2 nitrogen and oxygen atoms in total. The second-order valence-corrected chi connectivity index (χ2v) is 4.97. The summed E-state index contributed by atoms with van der Waals surface area (Å²) >= 11 is 0. The SMILES string of the molecule is C=C/C(=C/C(=C\C)C(C)CCCC(=O)OCC)C(=C)C. The highest BCUT2D eigenvalue weighted by Gasteiger charge is 2.09. The highest BCUT2D eigenvalue weighted by atomic mass is 16.5. The van der Waals surface area contributed by atoms with Gasteiger partial charge in [-0.1, -0.05) is 43.9 Å². The molecule has 0 aliphatic carbocycles. The Labute approximate surface area is 123 Å². The molecule has 0 rings (SSSR count). The third-order valence-electron chi connectivity index (χ3n) is 3.26. The summed E-state index contributed by atoms with van der Waals surface area (Å²) in [5, 5.41) is 0. The fraction of sp³-hybridized carbons (Fsp3) is 0.500. The van der Waals surface area contributed by atoms with Crippen LogP contribution in [0.5, 0.6) is 0 Å². The van der Waals surface area contributed by atoms with Gasteiger partial charge in [-0.3, -0.25) is 4.79 Å². The first-order chi connectivity index (χ1) is 9.46. The number of carbonyl (C=O) groups excluding carboxylic acids is 1. The zero-order chi connectivity index (χ0) is 15.5. The van der Waals surface area contributed by atoms with Crippen molar-refractivity contribution in [1.82, 2.24) is 0 Å². The van der Waals surface area contributed by atoms with Crippen LogP contribution in [-0.2, 0) is 9.53 Å². The molecule has 0 aliphatic heterocycles. The summed E-state index contributed by atoms with van der Waals surface area (Å²) in [4.78, 5) is 11.3. The number of rotatable bonds is 9. The van der Waals surface area contributed by atoms with Crippen molar-refractivity contribution in [1.29, 1.82) is 0 Å². The Hall–Kier alpha value is -1.57. The molecule has 0 heterocycles. The van der Waals surface area contributed by atoms with Gasteiger partial charge in [0.05, 0.1) is 6.61 Å². The maximum atomic E-state index is 11.3. The molecule has 0 aromatic heterocycles. The molecule has 1 atom stereocenters. The van der Waals surface area contributed by atoms with Gasteiger partial charge in [-0.25, -0.2) is 0 Å². The van der Waals surface area contributed by atoms with Gasteiger partial charge < -0.3 is 4.74 Å². The van der Waals surface area contributed by atoms with Crippen LogP contribution < -0.4 is 0 Å². The number of carbonyl (C=O) groups is 1. The fourth-order valence-corrected chi connectivity index (χ4v) is 2.00. The molecule has 20 heavy (non-hydrogen) atoms. The highest BCUT2D eigenvalue weighted by Crippen LogP contribution is 2.22. The monoisotopic (exact) mass is 276 g/mol. The minimum absolute atomic E-state index is 0.106. The largest absolute Gasteiger partial charge is 0.466 e. The van der Waals surface area contributed by atoms with Crippen LogP contribution in [0.4, 0.5) is 0 Å². The van der Waals surface area contributed by atoms with Gasteiger partial charge in [-0.2, -0.15) is 0 Å². The molecule has 0 amide bonds. The van der Waals surface area contributed by atoms with E-state index in [1.165, 1.54) is 5.57 Å². The number of hydrogen-bond acceptors (Lipinski definition) is 2. The van der Waals surface area contributed by atoms with Crippen LogP contribution in [0.25, 0.3) is 0 Å². The molecule has 0 saturated carbocycles. The molecular formula is C18H28O2. The Bertz CT molecular complexity index is 400. The van der Waals surface area contributed by atoms with Crippen molar-refractivity contribution < 1.29 is 9.53 Å². The van der Waals surface area contributed by atoms with Gasteiger partial charge in [0.15, 0.2) is 0 Å². The molecule has 1 unspecified atom stereocenters. The zero-order valence-corrected chi connectivity index (χ0v) is 13.4. The highest BCUT2D eigenvalue weighted by molar-refractivity contribution is 5.69. The molecule has 0 bridgehead atoms. The minimum atomic E-state index is -0.106. The lowest BCUT2D eigenvalue weighted by Crippen LogP contribution is -2.05. The average Bonchev–Trinajstić information content (AvgIpc) is 2.39. The molecule has 0 aromatic carbocycles. The summed E-state index contributed by atoms with van der Waals surface area (Å²) in [7, 11) is 0. The van der Waals surface area contributed by atoms with Gasteiger partial charge in [0.25, 0.3) is 0 Å². The Morgan fingerprint density at radius 1 is 1.40 bits per heavy atom. The second-order valence-electron chi connectivity index (χ2n) is 4.97. The number of esters is 1. The predicted octanol–water partition coefficient (Wildman–Crippen LogP) is 4.99. The molecule has 0 spiro atoms. The van der Waals surface area contributed by atoms with Gasteiger partial charge >= 0.3 is 5.97 Å². The molecule has 2 heteroatoms. The third kappa shape index (κ3) is 7.13. The van der Waals surface area contributed by atoms with Crippen molar-refractivity contribution in [2.24, 2.45) is 5.92 Å². The Balaban J connectivity index is 4.50. The molecular weight excluding hydrogens is 248 g/mol. The summed E-state index contributed by atoms with van der Waals surface area (Å²) < 4.78 is 4.93. The smallest absolute Gasteiger partial charge is 0.305 e. The first kappa shape index (κ1) is 18.4. The van der Waals surface area contributed by atoms with Gasteiger partial charge in [0.2, 0.25) is 0 Å². The molecule has 0 saturated heterocycles. The number of allylic oxidation sites excluding steroid dienone is 6. The first-order valence-electron chi connectivity index (χ1n) is 7.28. The van der Waals surface area contributed by atoms with Gasteiger partial charge in [-0.05, 0) is 50.7 Å². The molecule has 0 radical (unpaired) electrons. The van der Waals surface area contributed by atoms with E-state index < -0.39 is 0 Å². The number of ether oxygens (including phenoxy) is 1. The van der Waals surface area contributed by atoms with Crippen molar-refractivity contribution in [2.45, 2.75) is 47.0 Å². The lowest BCUT2D eigenvalue weighted by Gasteiger charge is -2.14. The molecule has 0 aliphatic rings. The molecule has 112 valence electrons. The zero-order valence-electron chi connectivity index (χ0n) is 13.4. The van der Waals surface area contributed by atoms with E-state index in [1.54, 1.807) is 0 Å². The maximum absolute atomic E-state index is 11.3. The topological polar surface area (TPSA) is 26.3 Å². The molecule has 0 aromatic rings. The van der Waals surface area contributed by atoms with Crippen LogP contribution in [0.1, 0.15) is 47.0 Å². The van der Waals surface area contributed by atoms with E-state index in [2.05, 4.69) is 32.2 Å². The third-order valence-corrected chi connectivity index (χ3v) is 3.26. The van der Waals surface area contributed by atoms with Gasteiger partial charge in [-0.15, -0.1) is 0 Å². The maximum Gasteiger partial charge on any atom is 0.305 e. The predicted molar refractivity (Wildman–Crippen MR) is 86.5 cm³/mol. The minimum Gasteiger partial charge on any atom is -0.466 e. The van der Waals surface area contributed by atoms with E-state index in [4.69, 9.17) is 4.74 Å². The summed E-state index contributed by atoms with van der Waals surface area (Å²) in [5.74, 6) is 0.301. The van der Waals surface area contributed by atoms with E-state index in [-0.39, 0.29) is 5.97 Å². The number of hydrogen-bond donors (Lipinski definition) is 0. The van der Waals surface area contributed by atoms with Crippen LogP contribution in [0.3, 0.4) is 0 Å². The second kappa shape index (κ2) is 10.2. The van der Waals surface area contributed by atoms with Crippen molar-refractivity contribution in [3.8, 4) is 0 Å². The van der Waals surface area contributed by atoms with Crippen LogP contribution in [0, 0.1) is 5.92 Å². The summed E-state index contributed by atoms with van der Waals surface area (Å²) in [6.45, 7) is 16.2. The van der Waals surface area contributed by atoms with E-state index in [0.29, 0.717) is 18.9 Å². The quantitative estimate of drug-likeness (QED) is 0.438. The Morgan fingerprint density at radius 2 is 2.05 bits per heavy atom. The van der Waals surface area contributed by atoms with E-state index in [0.717, 1.165) is 24.0 Å². The summed E-state index contributed by atoms with van der Waals surface area (Å²) in [5.41, 5.74) is 3.33. The van der Waals surface area contributed by atoms with Gasteiger partial charge in [0, 0.05) is 6.42 Å². The average molecular weight is 276 g/mol. The van der Waals surface area contributed by atoms with Crippen LogP contribution in [-0.4, -0.2) is 12.6 Å². The van der Waals surface area contributed by atoms with Crippen LogP contribution >= 0.6 is 0 Å². The van der Waals surface area contributed by atoms with Crippen molar-refractivity contribution in [3.05, 3.63) is 48.1 Å². The lowest BCUT2D eigenvalue weighted by molar-refractivity contribution is -0.143. The van der Waals surface area contributed by atoms with E-state index in [1.807, 2.05) is 26.8 Å². The Kier molecular flexibility index (Phi) is 9.44. The molecule has 0 fully saturated rings. The normalized spacial score (nSPS) is 13.8. The summed E-state index contributed by atoms with van der Waals surface area (Å²) in [6, 6.07) is 0. The van der Waals surface area contributed by atoms with Crippen molar-refractivity contribution in [2.75, 3.05) is 6.61 Å². The van der Waals surface area contributed by atoms with Crippen LogP contribution in [0.15, 0.2) is 48.1 Å². The van der Waals surface area contributed by atoms with Crippen LogP contribution in [0.2, 0.25) is 0 Å². The lowest BCUT2D eigenvalue weighted by atomic mass is 9.92. The fourth-order valence-electron chi connectivity index (χ4n) is 2.00. The van der Waals surface area contributed by atoms with Crippen molar-refractivity contribution in [3.63, 3.8) is 0 Å². The summed E-state index contributed by atoms with van der Waals surface area (Å²) in [6.07, 6.45) is 8.38. The first-order valence-corrected chi connectivity index (χ1v) is 7.28. The van der Waals surface area contributed by atoms with E-state index >= 15 is 0 Å². The van der Waals surface area contributed by atoms with Gasteiger partial charge in [0.1, 0.15) is 0 Å². The van der Waals surface area contributed by atoms with Crippen molar-refractivity contribution >= 4 is 5.97 Å². The van der Waals surface area contributed by atoms with E-state index in [9.17, 15) is 4.79 Å². The molecule has 0 N–H and O–H groups in total.